The number of hydrogen-bond donors (Lipinski definition) is 1. The highest BCUT2D eigenvalue weighted by Crippen LogP contribution is 2.20. The van der Waals surface area contributed by atoms with Crippen LogP contribution in [0.1, 0.15) is 11.1 Å². The summed E-state index contributed by atoms with van der Waals surface area (Å²) in [6.45, 7) is 5.44. The third kappa shape index (κ3) is 4.71. The van der Waals surface area contributed by atoms with Gasteiger partial charge in [-0.2, -0.15) is 0 Å². The summed E-state index contributed by atoms with van der Waals surface area (Å²) in [5, 5.41) is 2.72. The second-order valence-electron chi connectivity index (χ2n) is 6.47. The Bertz CT molecular complexity index is 787. The number of amides is 2. The molecule has 1 aliphatic heterocycles. The lowest BCUT2D eigenvalue weighted by Gasteiger charge is -2.34. The molecule has 5 nitrogen and oxygen atoms in total. The summed E-state index contributed by atoms with van der Waals surface area (Å²) in [6, 6.07) is 15.8. The highest BCUT2D eigenvalue weighted by Gasteiger charge is 2.26. The summed E-state index contributed by atoms with van der Waals surface area (Å²) in [5.74, 6) is -1.04. The Kier molecular flexibility index (Phi) is 6.06. The summed E-state index contributed by atoms with van der Waals surface area (Å²) in [5.41, 5.74) is 2.83. The number of nitrogens with one attached hydrogen (secondary N) is 1. The topological polar surface area (TPSA) is 52.7 Å². The summed E-state index contributed by atoms with van der Waals surface area (Å²) in [6.07, 6.45) is 0. The van der Waals surface area contributed by atoms with Crippen molar-refractivity contribution in [2.75, 3.05) is 31.5 Å². The van der Waals surface area contributed by atoms with E-state index in [1.165, 1.54) is 5.56 Å². The Labute approximate surface area is 162 Å². The smallest absolute Gasteiger partial charge is 0.313 e. The molecule has 0 bridgehead atoms. The van der Waals surface area contributed by atoms with E-state index in [2.05, 4.69) is 38.3 Å². The van der Waals surface area contributed by atoms with Crippen LogP contribution in [0.15, 0.2) is 53.0 Å². The van der Waals surface area contributed by atoms with Crippen molar-refractivity contribution < 1.29 is 9.59 Å². The molecule has 1 fully saturated rings. The zero-order chi connectivity index (χ0) is 18.5. The Morgan fingerprint density at radius 1 is 1.04 bits per heavy atom. The number of hydrogen-bond acceptors (Lipinski definition) is 3. The fourth-order valence-corrected chi connectivity index (χ4v) is 3.51. The van der Waals surface area contributed by atoms with Crippen LogP contribution >= 0.6 is 15.9 Å². The normalized spacial score (nSPS) is 14.9. The van der Waals surface area contributed by atoms with Gasteiger partial charge in [0.2, 0.25) is 0 Å². The molecule has 0 spiro atoms. The van der Waals surface area contributed by atoms with Crippen molar-refractivity contribution in [3.05, 3.63) is 64.1 Å². The predicted molar refractivity (Wildman–Crippen MR) is 106 cm³/mol. The van der Waals surface area contributed by atoms with Gasteiger partial charge in [-0.1, -0.05) is 46.3 Å². The van der Waals surface area contributed by atoms with Gasteiger partial charge < -0.3 is 10.2 Å². The average Bonchev–Trinajstić information content (AvgIpc) is 2.65. The minimum absolute atomic E-state index is 0.466. The van der Waals surface area contributed by atoms with E-state index < -0.39 is 11.8 Å². The maximum atomic E-state index is 12.4. The Hall–Kier alpha value is -2.18. The lowest BCUT2D eigenvalue weighted by atomic mass is 10.2. The molecule has 2 aromatic carbocycles. The van der Waals surface area contributed by atoms with Crippen molar-refractivity contribution in [1.82, 2.24) is 9.80 Å². The van der Waals surface area contributed by atoms with Crippen LogP contribution < -0.4 is 5.32 Å². The van der Waals surface area contributed by atoms with E-state index in [0.717, 1.165) is 29.7 Å². The average molecular weight is 416 g/mol. The largest absolute Gasteiger partial charge is 0.332 e. The molecule has 0 unspecified atom stereocenters. The summed E-state index contributed by atoms with van der Waals surface area (Å²) in [7, 11) is 0. The van der Waals surface area contributed by atoms with Crippen molar-refractivity contribution >= 4 is 33.4 Å². The Balaban J connectivity index is 1.52. The molecule has 1 N–H and O–H groups in total. The molecule has 2 aromatic rings. The van der Waals surface area contributed by atoms with Gasteiger partial charge in [0.05, 0.1) is 0 Å². The molecule has 2 amide bonds. The van der Waals surface area contributed by atoms with E-state index in [-0.39, 0.29) is 0 Å². The van der Waals surface area contributed by atoms with Gasteiger partial charge in [-0.15, -0.1) is 0 Å². The number of nitrogens with zero attached hydrogens (tertiary/aromatic N) is 2. The lowest BCUT2D eigenvalue weighted by molar-refractivity contribution is -0.144. The first-order valence-electron chi connectivity index (χ1n) is 8.65. The molecule has 6 heteroatoms. The van der Waals surface area contributed by atoms with Crippen molar-refractivity contribution in [3.8, 4) is 0 Å². The Morgan fingerprint density at radius 2 is 1.73 bits per heavy atom. The highest BCUT2D eigenvalue weighted by molar-refractivity contribution is 9.10. The van der Waals surface area contributed by atoms with Crippen LogP contribution in [0.3, 0.4) is 0 Å². The van der Waals surface area contributed by atoms with Crippen LogP contribution in [0.2, 0.25) is 0 Å². The molecule has 1 saturated heterocycles. The molecule has 0 atom stereocenters. The van der Waals surface area contributed by atoms with Gasteiger partial charge in [0.15, 0.2) is 0 Å². The van der Waals surface area contributed by atoms with Crippen molar-refractivity contribution in [3.63, 3.8) is 0 Å². The number of piperazine rings is 1. The van der Waals surface area contributed by atoms with Gasteiger partial charge in [-0.3, -0.25) is 14.5 Å². The van der Waals surface area contributed by atoms with Crippen LogP contribution in [-0.4, -0.2) is 47.8 Å². The second-order valence-corrected chi connectivity index (χ2v) is 7.38. The third-order valence-electron chi connectivity index (χ3n) is 4.54. The van der Waals surface area contributed by atoms with Crippen LogP contribution in [0, 0.1) is 6.92 Å². The van der Waals surface area contributed by atoms with Crippen LogP contribution in [-0.2, 0) is 16.1 Å². The van der Waals surface area contributed by atoms with E-state index in [0.29, 0.717) is 18.8 Å². The van der Waals surface area contributed by atoms with Crippen LogP contribution in [0.25, 0.3) is 0 Å². The fourth-order valence-electron chi connectivity index (χ4n) is 3.04. The van der Waals surface area contributed by atoms with Gasteiger partial charge >= 0.3 is 11.8 Å². The molecule has 0 saturated carbocycles. The SMILES string of the molecule is Cc1cc(Br)ccc1NC(=O)C(=O)N1CCN(Cc2ccccc2)CC1. The van der Waals surface area contributed by atoms with Gasteiger partial charge in [0.1, 0.15) is 0 Å². The number of aryl methyl sites for hydroxylation is 1. The molecule has 0 aromatic heterocycles. The molecule has 0 radical (unpaired) electrons. The van der Waals surface area contributed by atoms with Gasteiger partial charge in [0.25, 0.3) is 0 Å². The second kappa shape index (κ2) is 8.47. The molecule has 136 valence electrons. The Morgan fingerprint density at radius 3 is 2.38 bits per heavy atom. The molecule has 0 aliphatic carbocycles. The number of carbonyl (C=O) groups excluding carboxylic acids is 2. The van der Waals surface area contributed by atoms with Crippen LogP contribution in [0.4, 0.5) is 5.69 Å². The van der Waals surface area contributed by atoms with Crippen LogP contribution in [0.5, 0.6) is 0 Å². The fraction of sp³-hybridized carbons (Fsp3) is 0.300. The van der Waals surface area contributed by atoms with E-state index in [4.69, 9.17) is 0 Å². The number of halogens is 1. The van der Waals surface area contributed by atoms with E-state index in [1.807, 2.05) is 37.3 Å². The van der Waals surface area contributed by atoms with E-state index in [9.17, 15) is 9.59 Å². The molecule has 26 heavy (non-hydrogen) atoms. The predicted octanol–water partition coefficient (Wildman–Crippen LogP) is 3.04. The molecular weight excluding hydrogens is 394 g/mol. The first-order valence-corrected chi connectivity index (χ1v) is 9.45. The summed E-state index contributed by atoms with van der Waals surface area (Å²) >= 11 is 3.39. The molecule has 3 rings (SSSR count). The highest BCUT2D eigenvalue weighted by atomic mass is 79.9. The minimum Gasteiger partial charge on any atom is -0.332 e. The maximum absolute atomic E-state index is 12.4. The standard InChI is InChI=1S/C20H22BrN3O2/c1-15-13-17(21)7-8-18(15)22-19(25)20(26)24-11-9-23(10-12-24)14-16-5-3-2-4-6-16/h2-8,13H,9-12,14H2,1H3,(H,22,25). The number of carbonyl (C=O) groups is 2. The summed E-state index contributed by atoms with van der Waals surface area (Å²) in [4.78, 5) is 28.7. The first-order chi connectivity index (χ1) is 12.5. The zero-order valence-electron chi connectivity index (χ0n) is 14.7. The first kappa shape index (κ1) is 18.6. The monoisotopic (exact) mass is 415 g/mol. The van der Waals surface area contributed by atoms with E-state index >= 15 is 0 Å². The minimum atomic E-state index is -0.577. The number of benzene rings is 2. The molecular formula is C20H22BrN3O2. The maximum Gasteiger partial charge on any atom is 0.313 e. The quantitative estimate of drug-likeness (QED) is 0.783. The zero-order valence-corrected chi connectivity index (χ0v) is 16.3. The van der Waals surface area contributed by atoms with Crippen molar-refractivity contribution in [2.45, 2.75) is 13.5 Å². The lowest BCUT2D eigenvalue weighted by Crippen LogP contribution is -2.51. The molecule has 1 aliphatic rings. The number of anilines is 1. The van der Waals surface area contributed by atoms with Crippen molar-refractivity contribution in [2.24, 2.45) is 0 Å². The molecule has 1 heterocycles. The van der Waals surface area contributed by atoms with Gasteiger partial charge in [0, 0.05) is 42.9 Å². The van der Waals surface area contributed by atoms with Gasteiger partial charge in [-0.05, 0) is 36.2 Å². The number of rotatable bonds is 3. The van der Waals surface area contributed by atoms with Crippen molar-refractivity contribution in [1.29, 1.82) is 0 Å². The van der Waals surface area contributed by atoms with E-state index in [1.54, 1.807) is 11.0 Å². The van der Waals surface area contributed by atoms with Gasteiger partial charge in [-0.25, -0.2) is 0 Å². The summed E-state index contributed by atoms with van der Waals surface area (Å²) < 4.78 is 0.939. The third-order valence-corrected chi connectivity index (χ3v) is 5.03.